The molecule has 1 aromatic rings. The van der Waals surface area contributed by atoms with Crippen LogP contribution in [-0.4, -0.2) is 17.8 Å². The molecular formula is C10H7F6NOS. The topological polar surface area (TPSA) is 35.2 Å². The molecule has 0 unspecified atom stereocenters. The lowest BCUT2D eigenvalue weighted by Crippen LogP contribution is -2.21. The number of thiocarbonyl (C=S) groups is 1. The second kappa shape index (κ2) is 5.24. The van der Waals surface area contributed by atoms with Gasteiger partial charge in [0.25, 0.3) is 0 Å². The van der Waals surface area contributed by atoms with E-state index in [9.17, 15) is 26.3 Å². The first kappa shape index (κ1) is 15.5. The van der Waals surface area contributed by atoms with E-state index in [1.54, 1.807) is 0 Å². The van der Waals surface area contributed by atoms with E-state index in [1.807, 2.05) is 0 Å². The first-order valence-corrected chi connectivity index (χ1v) is 5.12. The Morgan fingerprint density at radius 1 is 1.16 bits per heavy atom. The van der Waals surface area contributed by atoms with Gasteiger partial charge in [0.15, 0.2) is 6.61 Å². The Morgan fingerprint density at radius 2 is 1.74 bits per heavy atom. The monoisotopic (exact) mass is 303 g/mol. The summed E-state index contributed by atoms with van der Waals surface area (Å²) in [5, 5.41) is 0. The Labute approximate surface area is 109 Å². The lowest BCUT2D eigenvalue weighted by Gasteiger charge is -2.15. The van der Waals surface area contributed by atoms with Crippen molar-refractivity contribution in [2.24, 2.45) is 5.73 Å². The van der Waals surface area contributed by atoms with Gasteiger partial charge in [0.05, 0.1) is 5.56 Å². The Kier molecular flexibility index (Phi) is 4.28. The highest BCUT2D eigenvalue weighted by Gasteiger charge is 2.35. The zero-order valence-corrected chi connectivity index (χ0v) is 9.92. The fourth-order valence-corrected chi connectivity index (χ4v) is 1.41. The summed E-state index contributed by atoms with van der Waals surface area (Å²) < 4.78 is 77.9. The van der Waals surface area contributed by atoms with Crippen LogP contribution in [0.5, 0.6) is 5.75 Å². The Hall–Kier alpha value is -1.51. The van der Waals surface area contributed by atoms with Gasteiger partial charge in [0.2, 0.25) is 0 Å². The standard InChI is InChI=1S/C10H7F6NOS/c11-9(12,13)4-18-5-1-2-6(8(17)19)7(3-5)10(14,15)16/h1-3H,4H2,(H2,17,19). The summed E-state index contributed by atoms with van der Waals surface area (Å²) in [6.07, 6.45) is -9.43. The number of hydrogen-bond acceptors (Lipinski definition) is 2. The molecule has 0 radical (unpaired) electrons. The average molecular weight is 303 g/mol. The molecule has 0 aliphatic rings. The summed E-state index contributed by atoms with van der Waals surface area (Å²) in [6.45, 7) is -1.68. The number of nitrogens with two attached hydrogens (primary N) is 1. The van der Waals surface area contributed by atoms with E-state index in [4.69, 9.17) is 5.73 Å². The first-order valence-electron chi connectivity index (χ1n) is 4.71. The minimum atomic E-state index is -4.80. The highest BCUT2D eigenvalue weighted by Crippen LogP contribution is 2.34. The summed E-state index contributed by atoms with van der Waals surface area (Å²) in [6, 6.07) is 2.24. The molecule has 0 fully saturated rings. The zero-order valence-electron chi connectivity index (χ0n) is 9.10. The average Bonchev–Trinajstić information content (AvgIpc) is 2.23. The van der Waals surface area contributed by atoms with Gasteiger partial charge in [-0.2, -0.15) is 26.3 Å². The van der Waals surface area contributed by atoms with Crippen LogP contribution in [-0.2, 0) is 6.18 Å². The molecule has 0 atom stereocenters. The maximum atomic E-state index is 12.7. The molecule has 1 aromatic carbocycles. The van der Waals surface area contributed by atoms with Crippen LogP contribution in [0.1, 0.15) is 11.1 Å². The zero-order chi connectivity index (χ0) is 14.8. The smallest absolute Gasteiger partial charge is 0.422 e. The van der Waals surface area contributed by atoms with E-state index < -0.39 is 40.8 Å². The Bertz CT molecular complexity index is 482. The maximum absolute atomic E-state index is 12.7. The van der Waals surface area contributed by atoms with Crippen molar-refractivity contribution < 1.29 is 31.1 Å². The van der Waals surface area contributed by atoms with Crippen molar-refractivity contribution in [1.82, 2.24) is 0 Å². The molecule has 0 aliphatic heterocycles. The second-order valence-electron chi connectivity index (χ2n) is 3.47. The van der Waals surface area contributed by atoms with Crippen molar-refractivity contribution in [3.05, 3.63) is 29.3 Å². The van der Waals surface area contributed by atoms with E-state index in [0.29, 0.717) is 6.07 Å². The fraction of sp³-hybridized carbons (Fsp3) is 0.300. The normalized spacial score (nSPS) is 12.3. The lowest BCUT2D eigenvalue weighted by molar-refractivity contribution is -0.153. The van der Waals surface area contributed by atoms with Crippen LogP contribution in [0.4, 0.5) is 26.3 Å². The van der Waals surface area contributed by atoms with Crippen molar-refractivity contribution in [2.45, 2.75) is 12.4 Å². The van der Waals surface area contributed by atoms with Gasteiger partial charge in [-0.1, -0.05) is 12.2 Å². The lowest BCUT2D eigenvalue weighted by atomic mass is 10.1. The summed E-state index contributed by atoms with van der Waals surface area (Å²) >= 11 is 4.44. The van der Waals surface area contributed by atoms with Crippen LogP contribution in [0.15, 0.2) is 18.2 Å². The van der Waals surface area contributed by atoms with Crippen LogP contribution in [0.2, 0.25) is 0 Å². The van der Waals surface area contributed by atoms with Gasteiger partial charge < -0.3 is 10.5 Å². The van der Waals surface area contributed by atoms with Crippen molar-refractivity contribution in [2.75, 3.05) is 6.61 Å². The fourth-order valence-electron chi connectivity index (χ4n) is 1.23. The van der Waals surface area contributed by atoms with Gasteiger partial charge in [-0.15, -0.1) is 0 Å². The van der Waals surface area contributed by atoms with Crippen LogP contribution in [0.25, 0.3) is 0 Å². The Morgan fingerprint density at radius 3 is 2.16 bits per heavy atom. The highest BCUT2D eigenvalue weighted by atomic mass is 32.1. The van der Waals surface area contributed by atoms with Gasteiger partial charge in [-0.05, 0) is 18.2 Å². The van der Waals surface area contributed by atoms with Crippen molar-refractivity contribution in [1.29, 1.82) is 0 Å². The number of rotatable bonds is 3. The number of benzene rings is 1. The highest BCUT2D eigenvalue weighted by molar-refractivity contribution is 7.80. The molecule has 0 bridgehead atoms. The summed E-state index contributed by atoms with van der Waals surface area (Å²) in [5.41, 5.74) is 3.41. The summed E-state index contributed by atoms with van der Waals surface area (Å²) in [5.74, 6) is -0.565. The van der Waals surface area contributed by atoms with Gasteiger partial charge in [0, 0.05) is 5.56 Å². The molecule has 9 heteroatoms. The van der Waals surface area contributed by atoms with Crippen molar-refractivity contribution >= 4 is 17.2 Å². The van der Waals surface area contributed by atoms with E-state index in [-0.39, 0.29) is 0 Å². The molecule has 0 spiro atoms. The first-order chi connectivity index (χ1) is 8.50. The Balaban J connectivity index is 3.09. The molecule has 0 amide bonds. The molecule has 106 valence electrons. The SMILES string of the molecule is NC(=S)c1ccc(OCC(F)(F)F)cc1C(F)(F)F. The van der Waals surface area contributed by atoms with Crippen molar-refractivity contribution in [3.8, 4) is 5.75 Å². The minimum Gasteiger partial charge on any atom is -0.484 e. The van der Waals surface area contributed by atoms with Gasteiger partial charge in [-0.25, -0.2) is 0 Å². The molecule has 0 saturated heterocycles. The third kappa shape index (κ3) is 4.58. The van der Waals surface area contributed by atoms with Crippen LogP contribution < -0.4 is 10.5 Å². The minimum absolute atomic E-state index is 0.431. The van der Waals surface area contributed by atoms with Crippen molar-refractivity contribution in [3.63, 3.8) is 0 Å². The van der Waals surface area contributed by atoms with Crippen LogP contribution in [0.3, 0.4) is 0 Å². The maximum Gasteiger partial charge on any atom is 0.422 e. The molecule has 0 aliphatic carbocycles. The van der Waals surface area contributed by atoms with Crippen LogP contribution in [0, 0.1) is 0 Å². The van der Waals surface area contributed by atoms with Crippen LogP contribution >= 0.6 is 12.2 Å². The summed E-state index contributed by atoms with van der Waals surface area (Å²) in [7, 11) is 0. The summed E-state index contributed by atoms with van der Waals surface area (Å²) in [4.78, 5) is -0.505. The number of hydrogen-bond donors (Lipinski definition) is 1. The molecule has 2 nitrogen and oxygen atoms in total. The third-order valence-electron chi connectivity index (χ3n) is 1.96. The quantitative estimate of drug-likeness (QED) is 0.687. The molecule has 0 aromatic heterocycles. The van der Waals surface area contributed by atoms with E-state index in [1.165, 1.54) is 0 Å². The van der Waals surface area contributed by atoms with E-state index >= 15 is 0 Å². The van der Waals surface area contributed by atoms with E-state index in [2.05, 4.69) is 17.0 Å². The van der Waals surface area contributed by atoms with Gasteiger partial charge in [-0.3, -0.25) is 0 Å². The number of alkyl halides is 6. The molecule has 0 saturated carbocycles. The molecule has 0 heterocycles. The van der Waals surface area contributed by atoms with Gasteiger partial charge >= 0.3 is 12.4 Å². The second-order valence-corrected chi connectivity index (χ2v) is 3.91. The third-order valence-corrected chi connectivity index (χ3v) is 2.18. The molecule has 19 heavy (non-hydrogen) atoms. The predicted octanol–water partition coefficient (Wildman–Crippen LogP) is 3.28. The largest absolute Gasteiger partial charge is 0.484 e. The molecular weight excluding hydrogens is 296 g/mol. The van der Waals surface area contributed by atoms with Gasteiger partial charge in [0.1, 0.15) is 10.7 Å². The van der Waals surface area contributed by atoms with E-state index in [0.717, 1.165) is 12.1 Å². The number of ether oxygens (including phenoxy) is 1. The molecule has 2 N–H and O–H groups in total. The molecule has 1 rings (SSSR count). The predicted molar refractivity (Wildman–Crippen MR) is 58.9 cm³/mol. The number of halogens is 6.